The highest BCUT2D eigenvalue weighted by atomic mass is 16.5. The molecule has 0 bridgehead atoms. The Hall–Kier alpha value is -2.49. The van der Waals surface area contributed by atoms with Crippen LogP contribution in [-0.4, -0.2) is 13.0 Å². The van der Waals surface area contributed by atoms with Crippen LogP contribution in [-0.2, 0) is 4.79 Å². The standard InChI is InChI=1S/C15H13NO3/c1-18-11-7-4-8-12-13(11)9-5-2-3-6-10(9)14(19-12)15(16)17/h2-8,14H,1H3,(H2,16,17). The monoisotopic (exact) mass is 255 g/mol. The molecule has 4 heteroatoms. The smallest absolute Gasteiger partial charge is 0.263 e. The molecule has 2 aromatic carbocycles. The Labute approximate surface area is 110 Å². The molecule has 1 amide bonds. The zero-order valence-electron chi connectivity index (χ0n) is 10.4. The van der Waals surface area contributed by atoms with Crippen LogP contribution in [0.4, 0.5) is 0 Å². The van der Waals surface area contributed by atoms with Gasteiger partial charge in [-0.1, -0.05) is 30.3 Å². The number of methoxy groups -OCH3 is 1. The minimum atomic E-state index is -0.754. The van der Waals surface area contributed by atoms with Crippen LogP contribution < -0.4 is 15.2 Å². The molecule has 0 spiro atoms. The van der Waals surface area contributed by atoms with E-state index in [0.717, 1.165) is 16.7 Å². The third-order valence-corrected chi connectivity index (χ3v) is 3.22. The molecule has 1 unspecified atom stereocenters. The molecule has 3 rings (SSSR count). The number of hydrogen-bond acceptors (Lipinski definition) is 3. The van der Waals surface area contributed by atoms with Crippen LogP contribution in [0.25, 0.3) is 11.1 Å². The Bertz CT molecular complexity index is 652. The summed E-state index contributed by atoms with van der Waals surface area (Å²) in [5.41, 5.74) is 7.97. The highest BCUT2D eigenvalue weighted by Gasteiger charge is 2.31. The molecule has 96 valence electrons. The molecule has 1 aliphatic rings. The van der Waals surface area contributed by atoms with Gasteiger partial charge >= 0.3 is 0 Å². The number of fused-ring (bicyclic) bond motifs is 3. The highest BCUT2D eigenvalue weighted by molar-refractivity contribution is 5.89. The van der Waals surface area contributed by atoms with E-state index in [2.05, 4.69) is 0 Å². The van der Waals surface area contributed by atoms with E-state index in [1.54, 1.807) is 7.11 Å². The molecule has 0 saturated heterocycles. The van der Waals surface area contributed by atoms with Crippen LogP contribution in [0, 0.1) is 0 Å². The van der Waals surface area contributed by atoms with E-state index >= 15 is 0 Å². The van der Waals surface area contributed by atoms with E-state index in [4.69, 9.17) is 15.2 Å². The maximum absolute atomic E-state index is 11.5. The van der Waals surface area contributed by atoms with Gasteiger partial charge in [0.15, 0.2) is 0 Å². The minimum Gasteiger partial charge on any atom is -0.496 e. The van der Waals surface area contributed by atoms with E-state index in [0.29, 0.717) is 11.5 Å². The SMILES string of the molecule is COc1cccc2c1-c1ccccc1C(C(N)=O)O2. The van der Waals surface area contributed by atoms with Crippen molar-refractivity contribution in [3.63, 3.8) is 0 Å². The summed E-state index contributed by atoms with van der Waals surface area (Å²) in [5.74, 6) is 0.829. The van der Waals surface area contributed by atoms with Gasteiger partial charge in [-0.25, -0.2) is 0 Å². The van der Waals surface area contributed by atoms with Crippen molar-refractivity contribution in [3.8, 4) is 22.6 Å². The average Bonchev–Trinajstić information content (AvgIpc) is 2.45. The molecule has 19 heavy (non-hydrogen) atoms. The quantitative estimate of drug-likeness (QED) is 0.895. The van der Waals surface area contributed by atoms with Gasteiger partial charge in [0.05, 0.1) is 12.7 Å². The molecule has 1 atom stereocenters. The van der Waals surface area contributed by atoms with Crippen LogP contribution >= 0.6 is 0 Å². The van der Waals surface area contributed by atoms with Gasteiger partial charge < -0.3 is 15.2 Å². The van der Waals surface area contributed by atoms with Gasteiger partial charge in [-0.05, 0) is 17.7 Å². The van der Waals surface area contributed by atoms with Crippen LogP contribution in [0.1, 0.15) is 11.7 Å². The first-order chi connectivity index (χ1) is 9.22. The molecule has 0 fully saturated rings. The Morgan fingerprint density at radius 2 is 2.00 bits per heavy atom. The second kappa shape index (κ2) is 4.31. The highest BCUT2D eigenvalue weighted by Crippen LogP contribution is 2.46. The van der Waals surface area contributed by atoms with Crippen molar-refractivity contribution in [1.29, 1.82) is 0 Å². The molecule has 0 saturated carbocycles. The fourth-order valence-electron chi connectivity index (χ4n) is 2.40. The first kappa shape index (κ1) is 11.6. The van der Waals surface area contributed by atoms with Crippen molar-refractivity contribution in [1.82, 2.24) is 0 Å². The van der Waals surface area contributed by atoms with E-state index in [-0.39, 0.29) is 0 Å². The number of primary amides is 1. The number of hydrogen-bond donors (Lipinski definition) is 1. The fraction of sp³-hybridized carbons (Fsp3) is 0.133. The lowest BCUT2D eigenvalue weighted by molar-refractivity contribution is -0.125. The number of carbonyl (C=O) groups is 1. The summed E-state index contributed by atoms with van der Waals surface area (Å²) in [6, 6.07) is 13.1. The number of ether oxygens (including phenoxy) is 2. The minimum absolute atomic E-state index is 0.499. The molecule has 2 N–H and O–H groups in total. The van der Waals surface area contributed by atoms with Gasteiger partial charge in [0.2, 0.25) is 6.10 Å². The van der Waals surface area contributed by atoms with Crippen LogP contribution in [0.2, 0.25) is 0 Å². The largest absolute Gasteiger partial charge is 0.496 e. The summed E-state index contributed by atoms with van der Waals surface area (Å²) < 4.78 is 11.1. The lowest BCUT2D eigenvalue weighted by Crippen LogP contribution is -2.28. The molecule has 0 aromatic heterocycles. The third-order valence-electron chi connectivity index (χ3n) is 3.22. The predicted molar refractivity (Wildman–Crippen MR) is 71.0 cm³/mol. The first-order valence-corrected chi connectivity index (χ1v) is 5.94. The fourth-order valence-corrected chi connectivity index (χ4v) is 2.40. The van der Waals surface area contributed by atoms with E-state index < -0.39 is 12.0 Å². The van der Waals surface area contributed by atoms with E-state index in [1.165, 1.54) is 0 Å². The molecule has 1 heterocycles. The zero-order chi connectivity index (χ0) is 13.4. The van der Waals surface area contributed by atoms with E-state index in [1.807, 2.05) is 42.5 Å². The number of rotatable bonds is 2. The molecular weight excluding hydrogens is 242 g/mol. The maximum atomic E-state index is 11.5. The summed E-state index contributed by atoms with van der Waals surface area (Å²) in [6.07, 6.45) is -0.754. The lowest BCUT2D eigenvalue weighted by Gasteiger charge is -2.27. The summed E-state index contributed by atoms with van der Waals surface area (Å²) in [7, 11) is 1.61. The topological polar surface area (TPSA) is 61.5 Å². The van der Waals surface area contributed by atoms with Gasteiger partial charge in [0, 0.05) is 5.56 Å². The first-order valence-electron chi connectivity index (χ1n) is 5.94. The van der Waals surface area contributed by atoms with Gasteiger partial charge in [-0.15, -0.1) is 0 Å². The van der Waals surface area contributed by atoms with Crippen LogP contribution in [0.5, 0.6) is 11.5 Å². The normalized spacial score (nSPS) is 15.9. The second-order valence-corrected chi connectivity index (χ2v) is 4.32. The van der Waals surface area contributed by atoms with Crippen molar-refractivity contribution >= 4 is 5.91 Å². The molecule has 0 radical (unpaired) electrons. The average molecular weight is 255 g/mol. The van der Waals surface area contributed by atoms with Crippen molar-refractivity contribution in [3.05, 3.63) is 48.0 Å². The van der Waals surface area contributed by atoms with Crippen molar-refractivity contribution in [2.75, 3.05) is 7.11 Å². The van der Waals surface area contributed by atoms with Gasteiger partial charge in [-0.2, -0.15) is 0 Å². The maximum Gasteiger partial charge on any atom is 0.263 e. The Balaban J connectivity index is 2.28. The van der Waals surface area contributed by atoms with Gasteiger partial charge in [0.1, 0.15) is 11.5 Å². The second-order valence-electron chi connectivity index (χ2n) is 4.32. The lowest BCUT2D eigenvalue weighted by atomic mass is 9.92. The summed E-state index contributed by atoms with van der Waals surface area (Å²) >= 11 is 0. The molecule has 1 aliphatic heterocycles. The Morgan fingerprint density at radius 1 is 1.21 bits per heavy atom. The van der Waals surface area contributed by atoms with Crippen molar-refractivity contribution in [2.45, 2.75) is 6.10 Å². The number of nitrogens with two attached hydrogens (primary N) is 1. The van der Waals surface area contributed by atoms with E-state index in [9.17, 15) is 4.79 Å². The zero-order valence-corrected chi connectivity index (χ0v) is 10.4. The summed E-state index contributed by atoms with van der Waals surface area (Å²) in [5, 5.41) is 0. The van der Waals surface area contributed by atoms with Crippen molar-refractivity contribution < 1.29 is 14.3 Å². The Kier molecular flexibility index (Phi) is 2.63. The van der Waals surface area contributed by atoms with Gasteiger partial charge in [0.25, 0.3) is 5.91 Å². The molecule has 2 aromatic rings. The summed E-state index contributed by atoms with van der Waals surface area (Å²) in [4.78, 5) is 11.5. The van der Waals surface area contributed by atoms with Gasteiger partial charge in [-0.3, -0.25) is 4.79 Å². The number of benzene rings is 2. The van der Waals surface area contributed by atoms with Crippen LogP contribution in [0.3, 0.4) is 0 Å². The third kappa shape index (κ3) is 1.73. The molecule has 4 nitrogen and oxygen atoms in total. The molecular formula is C15H13NO3. The predicted octanol–water partition coefficient (Wildman–Crippen LogP) is 2.28. The van der Waals surface area contributed by atoms with Crippen LogP contribution in [0.15, 0.2) is 42.5 Å². The summed E-state index contributed by atoms with van der Waals surface area (Å²) in [6.45, 7) is 0. The number of amides is 1. The van der Waals surface area contributed by atoms with Crippen molar-refractivity contribution in [2.24, 2.45) is 5.73 Å². The Morgan fingerprint density at radius 3 is 2.74 bits per heavy atom. The number of carbonyl (C=O) groups excluding carboxylic acids is 1. The molecule has 0 aliphatic carbocycles.